The van der Waals surface area contributed by atoms with Crippen LogP contribution in [-0.2, 0) is 27.2 Å². The van der Waals surface area contributed by atoms with E-state index in [-0.39, 0.29) is 30.6 Å². The molecule has 1 saturated carbocycles. The first kappa shape index (κ1) is 26.1. The van der Waals surface area contributed by atoms with Crippen LogP contribution in [0.4, 0.5) is 5.69 Å². The highest BCUT2D eigenvalue weighted by molar-refractivity contribution is 6.30. The van der Waals surface area contributed by atoms with Gasteiger partial charge in [0.05, 0.1) is 12.1 Å². The van der Waals surface area contributed by atoms with E-state index < -0.39 is 11.5 Å². The molecule has 3 N–H and O–H groups in total. The zero-order chi connectivity index (χ0) is 27.4. The van der Waals surface area contributed by atoms with E-state index in [1.54, 1.807) is 42.5 Å². The molecule has 2 unspecified atom stereocenters. The number of hydrogen-bond donors (Lipinski definition) is 3. The van der Waals surface area contributed by atoms with Crippen molar-refractivity contribution < 1.29 is 19.5 Å². The van der Waals surface area contributed by atoms with Gasteiger partial charge in [-0.15, -0.1) is 5.10 Å². The molecule has 0 spiro atoms. The summed E-state index contributed by atoms with van der Waals surface area (Å²) >= 11 is 6.21. The topological polar surface area (TPSA) is 139 Å². The molecule has 5 rings (SSSR count). The van der Waals surface area contributed by atoms with Crippen molar-refractivity contribution in [3.05, 3.63) is 101 Å². The van der Waals surface area contributed by atoms with Crippen LogP contribution in [0, 0.1) is 0 Å². The van der Waals surface area contributed by atoms with Gasteiger partial charge in [-0.2, -0.15) is 0 Å². The standard InChI is InChI=1S/C28H25ClN6O4/c29-21-9-12-24(35-17-30-33-34-35)20(15-21)8-13-25(36)32-28(16-23(28)19-4-2-1-3-5-19)27(39)31-22-10-6-18(7-11-22)14-26(37)38/h1-7,9-12,15,17,23H,8,13-14,16H2,(H,31,39)(H,32,36)(H,37,38). The van der Waals surface area contributed by atoms with E-state index in [4.69, 9.17) is 16.7 Å². The maximum atomic E-state index is 13.5. The number of rotatable bonds is 10. The molecule has 198 valence electrons. The number of halogens is 1. The summed E-state index contributed by atoms with van der Waals surface area (Å²) in [5.41, 5.74) is 2.50. The molecule has 1 aromatic heterocycles. The number of aliphatic carboxylic acids is 1. The number of aryl methyl sites for hydroxylation is 1. The lowest BCUT2D eigenvalue weighted by atomic mass is 10.0. The zero-order valence-electron chi connectivity index (χ0n) is 20.8. The summed E-state index contributed by atoms with van der Waals surface area (Å²) in [6.07, 6.45) is 2.30. The SMILES string of the molecule is O=C(O)Cc1ccc(NC(=O)C2(NC(=O)CCc3cc(Cl)ccc3-n3cnnn3)CC2c2ccccc2)cc1. The average Bonchev–Trinajstić information content (AvgIpc) is 3.39. The van der Waals surface area contributed by atoms with Gasteiger partial charge >= 0.3 is 5.97 Å². The van der Waals surface area contributed by atoms with Crippen LogP contribution in [-0.4, -0.2) is 48.6 Å². The van der Waals surface area contributed by atoms with Crippen LogP contribution in [0.15, 0.2) is 79.1 Å². The molecule has 0 radical (unpaired) electrons. The largest absolute Gasteiger partial charge is 0.481 e. The quantitative estimate of drug-likeness (QED) is 0.277. The fourth-order valence-corrected chi connectivity index (χ4v) is 4.92. The molecule has 2 amide bonds. The molecule has 1 heterocycles. The van der Waals surface area contributed by atoms with Gasteiger partial charge in [0.1, 0.15) is 11.9 Å². The second kappa shape index (κ2) is 11.0. The summed E-state index contributed by atoms with van der Waals surface area (Å²) in [7, 11) is 0. The van der Waals surface area contributed by atoms with E-state index in [9.17, 15) is 14.4 Å². The number of carboxylic acids is 1. The number of hydrogen-bond acceptors (Lipinski definition) is 6. The van der Waals surface area contributed by atoms with Crippen molar-refractivity contribution >= 4 is 35.1 Å². The van der Waals surface area contributed by atoms with Gasteiger partial charge in [0.15, 0.2) is 0 Å². The molecule has 39 heavy (non-hydrogen) atoms. The number of carboxylic acid groups (broad SMARTS) is 1. The van der Waals surface area contributed by atoms with Crippen molar-refractivity contribution in [1.82, 2.24) is 25.5 Å². The lowest BCUT2D eigenvalue weighted by Crippen LogP contribution is -2.47. The molecule has 1 aliphatic carbocycles. The Balaban J connectivity index is 1.31. The van der Waals surface area contributed by atoms with Gasteiger partial charge < -0.3 is 15.7 Å². The fraction of sp³-hybridized carbons (Fsp3) is 0.214. The highest BCUT2D eigenvalue weighted by Crippen LogP contribution is 2.52. The van der Waals surface area contributed by atoms with Crippen LogP contribution in [0.2, 0.25) is 5.02 Å². The summed E-state index contributed by atoms with van der Waals surface area (Å²) in [4.78, 5) is 37.7. The van der Waals surface area contributed by atoms with E-state index in [0.29, 0.717) is 34.8 Å². The second-order valence-corrected chi connectivity index (χ2v) is 9.87. The molecule has 10 nitrogen and oxygen atoms in total. The van der Waals surface area contributed by atoms with Crippen molar-refractivity contribution in [1.29, 1.82) is 0 Å². The Hall–Kier alpha value is -4.57. The zero-order valence-corrected chi connectivity index (χ0v) is 21.5. The lowest BCUT2D eigenvalue weighted by Gasteiger charge is -2.20. The monoisotopic (exact) mass is 544 g/mol. The summed E-state index contributed by atoms with van der Waals surface area (Å²) < 4.78 is 1.51. The summed E-state index contributed by atoms with van der Waals surface area (Å²) in [5.74, 6) is -1.72. The number of carbonyl (C=O) groups is 3. The first-order valence-corrected chi connectivity index (χ1v) is 12.7. The number of amides is 2. The molecule has 1 aliphatic rings. The number of carbonyl (C=O) groups excluding carboxylic acids is 2. The predicted octanol–water partition coefficient (Wildman–Crippen LogP) is 3.56. The molecular formula is C28H25ClN6O4. The van der Waals surface area contributed by atoms with Gasteiger partial charge in [0, 0.05) is 23.0 Å². The van der Waals surface area contributed by atoms with E-state index in [2.05, 4.69) is 26.2 Å². The highest BCUT2D eigenvalue weighted by atomic mass is 35.5. The summed E-state index contributed by atoms with van der Waals surface area (Å²) in [6.45, 7) is 0. The van der Waals surface area contributed by atoms with E-state index in [0.717, 1.165) is 11.1 Å². The molecule has 11 heteroatoms. The third-order valence-corrected chi connectivity index (χ3v) is 6.99. The third-order valence-electron chi connectivity index (χ3n) is 6.76. The Morgan fingerprint density at radius 1 is 1.05 bits per heavy atom. The van der Waals surface area contributed by atoms with Gasteiger partial charge in [0.25, 0.3) is 5.91 Å². The van der Waals surface area contributed by atoms with Gasteiger partial charge in [-0.1, -0.05) is 54.1 Å². The molecule has 0 bridgehead atoms. The lowest BCUT2D eigenvalue weighted by molar-refractivity contribution is -0.136. The minimum atomic E-state index is -1.11. The maximum Gasteiger partial charge on any atom is 0.307 e. The van der Waals surface area contributed by atoms with Gasteiger partial charge in [0.2, 0.25) is 5.91 Å². The molecule has 0 saturated heterocycles. The van der Waals surface area contributed by atoms with E-state index in [1.807, 2.05) is 30.3 Å². The first-order chi connectivity index (χ1) is 18.8. The van der Waals surface area contributed by atoms with Crippen LogP contribution >= 0.6 is 11.6 Å². The minimum Gasteiger partial charge on any atom is -0.481 e. The molecule has 0 aliphatic heterocycles. The molecule has 4 aromatic rings. The van der Waals surface area contributed by atoms with Gasteiger partial charge in [-0.25, -0.2) is 4.68 Å². The van der Waals surface area contributed by atoms with Crippen LogP contribution < -0.4 is 10.6 Å². The second-order valence-electron chi connectivity index (χ2n) is 9.44. The van der Waals surface area contributed by atoms with E-state index >= 15 is 0 Å². The smallest absolute Gasteiger partial charge is 0.307 e. The minimum absolute atomic E-state index is 0.105. The molecule has 3 aromatic carbocycles. The Labute approximate surface area is 229 Å². The van der Waals surface area contributed by atoms with Crippen molar-refractivity contribution in [2.24, 2.45) is 0 Å². The van der Waals surface area contributed by atoms with Crippen molar-refractivity contribution in [3.63, 3.8) is 0 Å². The van der Waals surface area contributed by atoms with Crippen molar-refractivity contribution in [2.45, 2.75) is 37.1 Å². The van der Waals surface area contributed by atoms with Crippen molar-refractivity contribution in [2.75, 3.05) is 5.32 Å². The van der Waals surface area contributed by atoms with Gasteiger partial charge in [-0.3, -0.25) is 14.4 Å². The Kier molecular flexibility index (Phi) is 7.38. The van der Waals surface area contributed by atoms with Crippen LogP contribution in [0.5, 0.6) is 0 Å². The summed E-state index contributed by atoms with van der Waals surface area (Å²) in [5, 5.41) is 26.7. The number of nitrogens with one attached hydrogen (secondary N) is 2. The normalized spacial score (nSPS) is 17.8. The number of anilines is 1. The molecule has 2 atom stereocenters. The number of nitrogens with zero attached hydrogens (tertiary/aromatic N) is 4. The number of aromatic nitrogens is 4. The van der Waals surface area contributed by atoms with Crippen LogP contribution in [0.3, 0.4) is 0 Å². The summed E-state index contributed by atoms with van der Waals surface area (Å²) in [6, 6.07) is 21.5. The molecular weight excluding hydrogens is 520 g/mol. The Morgan fingerprint density at radius 3 is 2.51 bits per heavy atom. The third kappa shape index (κ3) is 5.96. The average molecular weight is 545 g/mol. The number of tetrazole rings is 1. The maximum absolute atomic E-state index is 13.5. The fourth-order valence-electron chi connectivity index (χ4n) is 4.73. The highest BCUT2D eigenvalue weighted by Gasteiger charge is 2.61. The first-order valence-electron chi connectivity index (χ1n) is 12.3. The Bertz CT molecular complexity index is 1490. The predicted molar refractivity (Wildman–Crippen MR) is 144 cm³/mol. The van der Waals surface area contributed by atoms with Gasteiger partial charge in [-0.05, 0) is 70.3 Å². The van der Waals surface area contributed by atoms with Crippen molar-refractivity contribution in [3.8, 4) is 5.69 Å². The van der Waals surface area contributed by atoms with Crippen LogP contribution in [0.1, 0.15) is 35.4 Å². The van der Waals surface area contributed by atoms with E-state index in [1.165, 1.54) is 11.0 Å². The molecule has 1 fully saturated rings. The number of benzene rings is 3. The van der Waals surface area contributed by atoms with Crippen LogP contribution in [0.25, 0.3) is 5.69 Å². The Morgan fingerprint density at radius 2 is 1.82 bits per heavy atom.